The summed E-state index contributed by atoms with van der Waals surface area (Å²) in [6, 6.07) is 15.6. The molecule has 0 aliphatic heterocycles. The number of anilines is 1. The fourth-order valence-corrected chi connectivity index (χ4v) is 4.01. The van der Waals surface area contributed by atoms with Crippen LogP contribution in [0.2, 0.25) is 0 Å². The number of thiophene rings is 1. The van der Waals surface area contributed by atoms with Gasteiger partial charge in [-0.1, -0.05) is 0 Å². The van der Waals surface area contributed by atoms with E-state index < -0.39 is 0 Å². The largest absolute Gasteiger partial charge is 0.497 e. The lowest BCUT2D eigenvalue weighted by Gasteiger charge is -2.20. The molecule has 136 valence electrons. The molecule has 0 unspecified atom stereocenters. The average Bonchev–Trinajstić information content (AvgIpc) is 3.10. The SMILES string of the molecule is CCN(C(=O)c1cc2cc3ccc(OC)cc3nc2s1)c1ccc(F)cc1. The van der Waals surface area contributed by atoms with E-state index in [4.69, 9.17) is 4.74 Å². The summed E-state index contributed by atoms with van der Waals surface area (Å²) in [6.07, 6.45) is 0. The van der Waals surface area contributed by atoms with Crippen molar-refractivity contribution in [3.8, 4) is 5.75 Å². The number of aromatic nitrogens is 1. The van der Waals surface area contributed by atoms with Crippen LogP contribution < -0.4 is 9.64 Å². The van der Waals surface area contributed by atoms with Crippen LogP contribution in [0.25, 0.3) is 21.1 Å². The van der Waals surface area contributed by atoms with Gasteiger partial charge < -0.3 is 9.64 Å². The van der Waals surface area contributed by atoms with Crippen molar-refractivity contribution in [1.82, 2.24) is 4.98 Å². The van der Waals surface area contributed by atoms with Gasteiger partial charge >= 0.3 is 0 Å². The van der Waals surface area contributed by atoms with Gasteiger partial charge in [0.15, 0.2) is 0 Å². The minimum Gasteiger partial charge on any atom is -0.497 e. The van der Waals surface area contributed by atoms with E-state index in [-0.39, 0.29) is 11.7 Å². The predicted octanol–water partition coefficient (Wildman–Crippen LogP) is 5.26. The van der Waals surface area contributed by atoms with Crippen molar-refractivity contribution in [1.29, 1.82) is 0 Å². The van der Waals surface area contributed by atoms with Gasteiger partial charge in [0.05, 0.1) is 17.5 Å². The molecule has 0 saturated carbocycles. The zero-order valence-corrected chi connectivity index (χ0v) is 15.7. The molecular formula is C21H17FN2O2S. The maximum absolute atomic E-state index is 13.2. The molecule has 0 radical (unpaired) electrons. The maximum Gasteiger partial charge on any atom is 0.268 e. The Labute approximate surface area is 159 Å². The zero-order chi connectivity index (χ0) is 19.0. The van der Waals surface area contributed by atoms with Crippen molar-refractivity contribution in [2.45, 2.75) is 6.92 Å². The first-order valence-electron chi connectivity index (χ1n) is 8.55. The Balaban J connectivity index is 1.74. The molecule has 2 aromatic heterocycles. The highest BCUT2D eigenvalue weighted by Gasteiger charge is 2.19. The van der Waals surface area contributed by atoms with Gasteiger partial charge in [0.2, 0.25) is 0 Å². The molecule has 2 aromatic carbocycles. The number of carbonyl (C=O) groups is 1. The number of pyridine rings is 1. The molecular weight excluding hydrogens is 363 g/mol. The van der Waals surface area contributed by atoms with Crippen molar-refractivity contribution in [2.75, 3.05) is 18.6 Å². The Hall–Kier alpha value is -2.99. The number of hydrogen-bond acceptors (Lipinski definition) is 4. The van der Waals surface area contributed by atoms with E-state index in [0.29, 0.717) is 17.1 Å². The highest BCUT2D eigenvalue weighted by molar-refractivity contribution is 7.20. The number of fused-ring (bicyclic) bond motifs is 2. The molecule has 27 heavy (non-hydrogen) atoms. The third-order valence-electron chi connectivity index (χ3n) is 4.42. The molecule has 0 N–H and O–H groups in total. The van der Waals surface area contributed by atoms with Gasteiger partial charge in [-0.2, -0.15) is 0 Å². The van der Waals surface area contributed by atoms with Crippen LogP contribution in [0, 0.1) is 5.82 Å². The summed E-state index contributed by atoms with van der Waals surface area (Å²) in [6.45, 7) is 2.39. The number of methoxy groups -OCH3 is 1. The Morgan fingerprint density at radius 2 is 1.89 bits per heavy atom. The third-order valence-corrected chi connectivity index (χ3v) is 5.45. The Morgan fingerprint density at radius 1 is 1.11 bits per heavy atom. The lowest BCUT2D eigenvalue weighted by atomic mass is 10.2. The van der Waals surface area contributed by atoms with Crippen LogP contribution in [-0.4, -0.2) is 24.5 Å². The molecule has 0 atom stereocenters. The molecule has 6 heteroatoms. The van der Waals surface area contributed by atoms with Crippen molar-refractivity contribution in [3.05, 3.63) is 65.3 Å². The van der Waals surface area contributed by atoms with E-state index in [1.54, 1.807) is 24.1 Å². The molecule has 0 saturated heterocycles. The van der Waals surface area contributed by atoms with Gasteiger partial charge in [-0.05, 0) is 55.5 Å². The number of carbonyl (C=O) groups excluding carboxylic acids is 1. The Morgan fingerprint density at radius 3 is 2.59 bits per heavy atom. The molecule has 1 amide bonds. The topological polar surface area (TPSA) is 42.4 Å². The second-order valence-corrected chi connectivity index (χ2v) is 7.11. The van der Waals surface area contributed by atoms with Crippen molar-refractivity contribution in [2.24, 2.45) is 0 Å². The van der Waals surface area contributed by atoms with Crippen molar-refractivity contribution < 1.29 is 13.9 Å². The molecule has 0 fully saturated rings. The molecule has 4 aromatic rings. The van der Waals surface area contributed by atoms with E-state index in [9.17, 15) is 9.18 Å². The van der Waals surface area contributed by atoms with Crippen LogP contribution in [0.1, 0.15) is 16.6 Å². The number of nitrogens with zero attached hydrogens (tertiary/aromatic N) is 2. The first kappa shape index (κ1) is 17.4. The highest BCUT2D eigenvalue weighted by Crippen LogP contribution is 2.30. The number of amides is 1. The van der Waals surface area contributed by atoms with E-state index in [1.165, 1.54) is 23.5 Å². The quantitative estimate of drug-likeness (QED) is 0.485. The summed E-state index contributed by atoms with van der Waals surface area (Å²) in [5, 5.41) is 1.92. The molecule has 0 aliphatic rings. The first-order valence-corrected chi connectivity index (χ1v) is 9.36. The standard InChI is InChI=1S/C21H17FN2O2S/c1-3-24(16-7-5-15(22)6-8-16)21(25)19-11-14-10-13-4-9-17(26-2)12-18(13)23-20(14)27-19/h4-12H,3H2,1-2H3. The van der Waals surface area contributed by atoms with Gasteiger partial charge in [-0.3, -0.25) is 4.79 Å². The third kappa shape index (κ3) is 3.24. The molecule has 2 heterocycles. The lowest BCUT2D eigenvalue weighted by Crippen LogP contribution is -2.29. The van der Waals surface area contributed by atoms with Crippen LogP contribution in [0.3, 0.4) is 0 Å². The minimum absolute atomic E-state index is 0.117. The van der Waals surface area contributed by atoms with E-state index in [0.717, 1.165) is 26.9 Å². The highest BCUT2D eigenvalue weighted by atomic mass is 32.1. The summed E-state index contributed by atoms with van der Waals surface area (Å²) in [4.78, 5) is 20.7. The second kappa shape index (κ2) is 6.96. The van der Waals surface area contributed by atoms with Crippen LogP contribution in [-0.2, 0) is 0 Å². The first-order chi connectivity index (χ1) is 13.1. The van der Waals surface area contributed by atoms with Crippen LogP contribution in [0.15, 0.2) is 54.6 Å². The van der Waals surface area contributed by atoms with Gasteiger partial charge in [0, 0.05) is 29.1 Å². The number of ether oxygens (including phenoxy) is 1. The van der Waals surface area contributed by atoms with Crippen LogP contribution in [0.4, 0.5) is 10.1 Å². The second-order valence-electron chi connectivity index (χ2n) is 6.08. The normalized spacial score (nSPS) is 11.1. The van der Waals surface area contributed by atoms with Crippen LogP contribution >= 0.6 is 11.3 Å². The summed E-state index contributed by atoms with van der Waals surface area (Å²) in [7, 11) is 1.62. The molecule has 0 aliphatic carbocycles. The lowest BCUT2D eigenvalue weighted by molar-refractivity contribution is 0.0992. The molecule has 0 bridgehead atoms. The summed E-state index contributed by atoms with van der Waals surface area (Å²) >= 11 is 1.36. The van der Waals surface area contributed by atoms with E-state index >= 15 is 0 Å². The van der Waals surface area contributed by atoms with Gasteiger partial charge in [-0.25, -0.2) is 9.37 Å². The minimum atomic E-state index is -0.324. The fourth-order valence-electron chi connectivity index (χ4n) is 3.04. The molecule has 0 spiro atoms. The number of halogens is 1. The maximum atomic E-state index is 13.2. The van der Waals surface area contributed by atoms with Gasteiger partial charge in [0.1, 0.15) is 16.4 Å². The number of benzene rings is 2. The van der Waals surface area contributed by atoms with Crippen molar-refractivity contribution >= 4 is 44.1 Å². The van der Waals surface area contributed by atoms with E-state index in [2.05, 4.69) is 4.98 Å². The monoisotopic (exact) mass is 380 g/mol. The summed E-state index contributed by atoms with van der Waals surface area (Å²) < 4.78 is 18.4. The zero-order valence-electron chi connectivity index (χ0n) is 14.9. The fraction of sp³-hybridized carbons (Fsp3) is 0.143. The Kier molecular flexibility index (Phi) is 4.49. The van der Waals surface area contributed by atoms with Crippen LogP contribution in [0.5, 0.6) is 5.75 Å². The summed E-state index contributed by atoms with van der Waals surface area (Å²) in [5.41, 5.74) is 1.50. The van der Waals surface area contributed by atoms with Gasteiger partial charge in [0.25, 0.3) is 5.91 Å². The molecule has 4 rings (SSSR count). The van der Waals surface area contributed by atoms with E-state index in [1.807, 2.05) is 37.3 Å². The average molecular weight is 380 g/mol. The smallest absolute Gasteiger partial charge is 0.268 e. The summed E-state index contributed by atoms with van der Waals surface area (Å²) in [5.74, 6) is 0.305. The van der Waals surface area contributed by atoms with Crippen molar-refractivity contribution in [3.63, 3.8) is 0 Å². The number of rotatable bonds is 4. The van der Waals surface area contributed by atoms with Gasteiger partial charge in [-0.15, -0.1) is 11.3 Å². The number of hydrogen-bond donors (Lipinski definition) is 0. The predicted molar refractivity (Wildman–Crippen MR) is 107 cm³/mol. The Bertz CT molecular complexity index is 1140. The molecule has 4 nitrogen and oxygen atoms in total.